The smallest absolute Gasteiger partial charge is 0.0629 e. The number of aromatic nitrogens is 1. The summed E-state index contributed by atoms with van der Waals surface area (Å²) in [6.07, 6.45) is 9.31. The number of nitrogens with zero attached hydrogens (tertiary/aromatic N) is 2. The van der Waals surface area contributed by atoms with Crippen LogP contribution in [0.25, 0.3) is 82.1 Å². The van der Waals surface area contributed by atoms with Gasteiger partial charge in [0.25, 0.3) is 0 Å². The van der Waals surface area contributed by atoms with E-state index < -0.39 is 0 Å². The molecule has 9 aromatic carbocycles. The van der Waals surface area contributed by atoms with Crippen molar-refractivity contribution in [2.75, 3.05) is 4.90 Å². The van der Waals surface area contributed by atoms with Crippen LogP contribution in [0.3, 0.4) is 0 Å². The van der Waals surface area contributed by atoms with Crippen LogP contribution in [-0.4, -0.2) is 10.6 Å². The highest BCUT2D eigenvalue weighted by molar-refractivity contribution is 6.26. The zero-order chi connectivity index (χ0) is 41.2. The topological polar surface area (TPSA) is 8.17 Å². The van der Waals surface area contributed by atoms with E-state index in [0.29, 0.717) is 0 Å². The molecule has 0 bridgehead atoms. The van der Waals surface area contributed by atoms with E-state index in [4.69, 9.17) is 0 Å². The second kappa shape index (κ2) is 11.8. The van der Waals surface area contributed by atoms with Crippen LogP contribution in [0.15, 0.2) is 182 Å². The molecule has 0 spiro atoms. The Labute approximate surface area is 361 Å². The minimum atomic E-state index is -0.0906. The number of allylic oxidation sites excluding steroid dienone is 2. The molecule has 1 aliphatic heterocycles. The van der Waals surface area contributed by atoms with Gasteiger partial charge in [-0.1, -0.05) is 155 Å². The van der Waals surface area contributed by atoms with Gasteiger partial charge in [-0.05, 0) is 137 Å². The lowest BCUT2D eigenvalue weighted by Crippen LogP contribution is -2.28. The summed E-state index contributed by atoms with van der Waals surface area (Å²) in [4.78, 5) is 2.64. The van der Waals surface area contributed by atoms with E-state index in [1.807, 2.05) is 0 Å². The fourth-order valence-electron chi connectivity index (χ4n) is 12.5. The quantitative estimate of drug-likeness (QED) is 0.158. The van der Waals surface area contributed by atoms with Gasteiger partial charge in [0.1, 0.15) is 0 Å². The summed E-state index contributed by atoms with van der Waals surface area (Å²) in [6.45, 7) is 9.56. The van der Waals surface area contributed by atoms with Crippen LogP contribution in [0.4, 0.5) is 11.4 Å². The predicted octanol–water partition coefficient (Wildman–Crippen LogP) is 15.6. The van der Waals surface area contributed by atoms with Gasteiger partial charge in [-0.15, -0.1) is 0 Å². The third-order valence-corrected chi connectivity index (χ3v) is 15.5. The lowest BCUT2D eigenvalue weighted by molar-refractivity contribution is 0.660. The molecule has 0 saturated heterocycles. The van der Waals surface area contributed by atoms with E-state index in [0.717, 1.165) is 0 Å². The number of anilines is 2. The number of hydrogen-bond acceptors (Lipinski definition) is 1. The van der Waals surface area contributed by atoms with E-state index in [9.17, 15) is 0 Å². The van der Waals surface area contributed by atoms with Gasteiger partial charge in [0.15, 0.2) is 0 Å². The summed E-state index contributed by atoms with van der Waals surface area (Å²) in [5.74, 6) is 0.279. The number of fused-ring (bicyclic) bond motifs is 18. The van der Waals surface area contributed by atoms with Gasteiger partial charge in [-0.2, -0.15) is 0 Å². The largest absolute Gasteiger partial charge is 0.333 e. The van der Waals surface area contributed by atoms with Crippen molar-refractivity contribution in [2.24, 2.45) is 0 Å². The summed E-state index contributed by atoms with van der Waals surface area (Å²) in [5.41, 5.74) is 18.6. The summed E-state index contributed by atoms with van der Waals surface area (Å²) in [5, 5.41) is 10.3. The second-order valence-corrected chi connectivity index (χ2v) is 19.2. The molecule has 10 aromatic rings. The van der Waals surface area contributed by atoms with Crippen molar-refractivity contribution in [2.45, 2.75) is 50.5 Å². The maximum Gasteiger partial charge on any atom is 0.0629 e. The van der Waals surface area contributed by atoms with Crippen LogP contribution < -0.4 is 4.90 Å². The molecule has 0 fully saturated rings. The molecule has 2 unspecified atom stereocenters. The van der Waals surface area contributed by atoms with Gasteiger partial charge in [0.05, 0.1) is 17.1 Å². The van der Waals surface area contributed by atoms with Gasteiger partial charge < -0.3 is 9.47 Å². The lowest BCUT2D eigenvalue weighted by atomic mass is 9.81. The fourth-order valence-corrected chi connectivity index (χ4v) is 12.5. The van der Waals surface area contributed by atoms with E-state index in [2.05, 4.69) is 219 Å². The average Bonchev–Trinajstić information content (AvgIpc) is 3.96. The molecule has 294 valence electrons. The van der Waals surface area contributed by atoms with Crippen molar-refractivity contribution >= 4 is 65.5 Å². The van der Waals surface area contributed by atoms with Crippen LogP contribution in [0.5, 0.6) is 0 Å². The first-order valence-corrected chi connectivity index (χ1v) is 22.3. The first-order valence-electron chi connectivity index (χ1n) is 22.3. The standard InChI is InChI=1S/C60H44N2/c1-59(2)51-21-11-7-17-41(51)47-31-49-43-19-9-13-23-55(43)61(57(49)33-53(47)59)35-25-27-39-37-15-5-6-16-38(37)40-28-26-36(30-46(40)45(39)29-35)62-56-24-14-10-20-44(56)50-32-48-42-18-8-12-22-52(42)60(3,4)54(48)34-58(50)62/h5-34,43,55H,1-4H3. The van der Waals surface area contributed by atoms with Crippen LogP contribution >= 0.6 is 0 Å². The molecule has 0 saturated carbocycles. The van der Waals surface area contributed by atoms with Crippen molar-refractivity contribution in [1.29, 1.82) is 0 Å². The highest BCUT2D eigenvalue weighted by Crippen LogP contribution is 2.56. The Morgan fingerprint density at radius 1 is 0.387 bits per heavy atom. The monoisotopic (exact) mass is 792 g/mol. The molecule has 0 amide bonds. The van der Waals surface area contributed by atoms with E-state index >= 15 is 0 Å². The minimum absolute atomic E-state index is 0.0758. The molecule has 3 aliphatic carbocycles. The summed E-state index contributed by atoms with van der Waals surface area (Å²) in [7, 11) is 0. The second-order valence-electron chi connectivity index (χ2n) is 19.2. The zero-order valence-corrected chi connectivity index (χ0v) is 35.4. The SMILES string of the molecule is CC1(C)c2ccccc2-c2cc3c(cc21)N(c1ccc2c4ccccc4c4ccc(-n5c6ccccc6c6cc7c(cc65)C(C)(C)c5ccccc5-7)cc4c2c1)C1C=CC=CC31. The number of hydrogen-bond donors (Lipinski definition) is 0. The Balaban J connectivity index is 1.01. The molecular weight excluding hydrogens is 749 g/mol. The minimum Gasteiger partial charge on any atom is -0.333 e. The summed E-state index contributed by atoms with van der Waals surface area (Å²) in [6, 6.07) is 60.6. The van der Waals surface area contributed by atoms with Crippen LogP contribution in [0.2, 0.25) is 0 Å². The maximum absolute atomic E-state index is 2.64. The molecule has 0 radical (unpaired) electrons. The number of benzene rings is 9. The third-order valence-electron chi connectivity index (χ3n) is 15.5. The van der Waals surface area contributed by atoms with Crippen molar-refractivity contribution in [3.8, 4) is 27.9 Å². The molecular formula is C60H44N2. The summed E-state index contributed by atoms with van der Waals surface area (Å²) >= 11 is 0. The fraction of sp³-hybridized carbons (Fsp3) is 0.133. The van der Waals surface area contributed by atoms with Crippen molar-refractivity contribution < 1.29 is 0 Å². The first kappa shape index (κ1) is 34.5. The normalized spacial score (nSPS) is 18.4. The van der Waals surface area contributed by atoms with Crippen LogP contribution in [0.1, 0.15) is 61.4 Å². The number of para-hydroxylation sites is 1. The molecule has 62 heavy (non-hydrogen) atoms. The molecule has 2 atom stereocenters. The third kappa shape index (κ3) is 4.29. The highest BCUT2D eigenvalue weighted by atomic mass is 15.2. The molecule has 2 heteroatoms. The molecule has 4 aliphatic rings. The predicted molar refractivity (Wildman–Crippen MR) is 262 cm³/mol. The molecule has 14 rings (SSSR count). The van der Waals surface area contributed by atoms with Crippen molar-refractivity contribution in [3.05, 3.63) is 210 Å². The Morgan fingerprint density at radius 2 is 0.935 bits per heavy atom. The van der Waals surface area contributed by atoms with Crippen LogP contribution in [0, 0.1) is 0 Å². The molecule has 0 N–H and O–H groups in total. The average molecular weight is 793 g/mol. The Kier molecular flexibility index (Phi) is 6.58. The number of rotatable bonds is 2. The Bertz CT molecular complexity index is 3720. The van der Waals surface area contributed by atoms with Gasteiger partial charge in [0.2, 0.25) is 0 Å². The van der Waals surface area contributed by atoms with E-state index in [1.165, 1.54) is 121 Å². The van der Waals surface area contributed by atoms with Gasteiger partial charge >= 0.3 is 0 Å². The zero-order valence-electron chi connectivity index (χ0n) is 35.4. The van der Waals surface area contributed by atoms with Crippen LogP contribution in [-0.2, 0) is 10.8 Å². The molecule has 2 nitrogen and oxygen atoms in total. The highest BCUT2D eigenvalue weighted by Gasteiger charge is 2.43. The van der Waals surface area contributed by atoms with Crippen molar-refractivity contribution in [1.82, 2.24) is 4.57 Å². The first-order chi connectivity index (χ1) is 30.3. The Hall–Kier alpha value is -7.16. The molecule has 2 heterocycles. The van der Waals surface area contributed by atoms with Gasteiger partial charge in [-0.25, -0.2) is 0 Å². The molecule has 1 aromatic heterocycles. The van der Waals surface area contributed by atoms with Gasteiger partial charge in [-0.3, -0.25) is 0 Å². The van der Waals surface area contributed by atoms with Gasteiger partial charge in [0, 0.05) is 44.6 Å². The lowest BCUT2D eigenvalue weighted by Gasteiger charge is -2.30. The maximum atomic E-state index is 2.64. The summed E-state index contributed by atoms with van der Waals surface area (Å²) < 4.78 is 2.52. The van der Waals surface area contributed by atoms with E-state index in [-0.39, 0.29) is 22.8 Å². The van der Waals surface area contributed by atoms with E-state index in [1.54, 1.807) is 0 Å². The van der Waals surface area contributed by atoms with Crippen molar-refractivity contribution in [3.63, 3.8) is 0 Å². The Morgan fingerprint density at radius 3 is 1.65 bits per heavy atom.